The maximum atomic E-state index is 13.8. The van der Waals surface area contributed by atoms with Gasteiger partial charge in [-0.05, 0) is 56.5 Å². The van der Waals surface area contributed by atoms with Gasteiger partial charge in [0.25, 0.3) is 0 Å². The number of thiophene rings is 1. The highest BCUT2D eigenvalue weighted by molar-refractivity contribution is 9.13. The molecule has 0 aliphatic rings. The highest BCUT2D eigenvalue weighted by Gasteiger charge is 2.17. The van der Waals surface area contributed by atoms with E-state index in [1.54, 1.807) is 23.5 Å². The summed E-state index contributed by atoms with van der Waals surface area (Å²) in [6.07, 6.45) is 0.245. The Bertz CT molecular complexity index is 826. The molecule has 8 heteroatoms. The van der Waals surface area contributed by atoms with E-state index in [0.29, 0.717) is 22.2 Å². The van der Waals surface area contributed by atoms with Crippen LogP contribution in [0.1, 0.15) is 17.0 Å². The first-order chi connectivity index (χ1) is 10.5. The first-order valence-electron chi connectivity index (χ1n) is 6.26. The van der Waals surface area contributed by atoms with Crippen LogP contribution in [0.25, 0.3) is 10.7 Å². The van der Waals surface area contributed by atoms with Crippen molar-refractivity contribution in [1.82, 2.24) is 15.2 Å². The van der Waals surface area contributed by atoms with Crippen LogP contribution >= 0.6 is 54.8 Å². The normalized spacial score (nSPS) is 11.1. The molecule has 0 spiro atoms. The molecule has 3 nitrogen and oxygen atoms in total. The average molecular weight is 466 g/mol. The monoisotopic (exact) mass is 463 g/mol. The van der Waals surface area contributed by atoms with E-state index in [0.717, 1.165) is 18.7 Å². The zero-order valence-electron chi connectivity index (χ0n) is 11.3. The first-order valence-corrected chi connectivity index (χ1v) is 9.04. The fourth-order valence-electron chi connectivity index (χ4n) is 2.02. The van der Waals surface area contributed by atoms with Crippen LogP contribution in [-0.4, -0.2) is 15.2 Å². The number of aromatic nitrogens is 3. The molecule has 1 N–H and O–H groups in total. The van der Waals surface area contributed by atoms with Crippen LogP contribution in [0.15, 0.2) is 26.5 Å². The molecule has 0 saturated carbocycles. The zero-order valence-corrected chi connectivity index (χ0v) is 16.0. The SMILES string of the molecule is Cc1c(-c2nc(Cc3c(F)cccc3Cl)n[nH]2)sc(Br)c1Br. The van der Waals surface area contributed by atoms with Gasteiger partial charge in [0.05, 0.1) is 8.66 Å². The highest BCUT2D eigenvalue weighted by atomic mass is 79.9. The number of nitrogens with zero attached hydrogens (tertiary/aromatic N) is 2. The molecule has 0 saturated heterocycles. The third-order valence-electron chi connectivity index (χ3n) is 3.18. The van der Waals surface area contributed by atoms with E-state index in [4.69, 9.17) is 11.6 Å². The van der Waals surface area contributed by atoms with E-state index in [2.05, 4.69) is 47.0 Å². The summed E-state index contributed by atoms with van der Waals surface area (Å²) in [7, 11) is 0. The topological polar surface area (TPSA) is 41.6 Å². The van der Waals surface area contributed by atoms with Crippen molar-refractivity contribution in [3.05, 3.63) is 54.2 Å². The van der Waals surface area contributed by atoms with Crippen LogP contribution in [0.3, 0.4) is 0 Å². The smallest absolute Gasteiger partial charge is 0.166 e. The van der Waals surface area contributed by atoms with Gasteiger partial charge in [0.2, 0.25) is 0 Å². The summed E-state index contributed by atoms with van der Waals surface area (Å²) in [6.45, 7) is 2.00. The van der Waals surface area contributed by atoms with Crippen molar-refractivity contribution in [3.8, 4) is 10.7 Å². The van der Waals surface area contributed by atoms with E-state index in [1.807, 2.05) is 6.92 Å². The molecule has 3 aromatic rings. The number of hydrogen-bond donors (Lipinski definition) is 1. The van der Waals surface area contributed by atoms with Crippen LogP contribution in [-0.2, 0) is 6.42 Å². The van der Waals surface area contributed by atoms with Gasteiger partial charge in [0.1, 0.15) is 5.82 Å². The second-order valence-electron chi connectivity index (χ2n) is 4.62. The molecule has 0 aliphatic heterocycles. The van der Waals surface area contributed by atoms with E-state index >= 15 is 0 Å². The van der Waals surface area contributed by atoms with Crippen molar-refractivity contribution < 1.29 is 4.39 Å². The molecule has 0 fully saturated rings. The van der Waals surface area contributed by atoms with Gasteiger partial charge in [-0.3, -0.25) is 5.10 Å². The predicted molar refractivity (Wildman–Crippen MR) is 94.0 cm³/mol. The number of rotatable bonds is 3. The molecule has 0 atom stereocenters. The molecular weight excluding hydrogens is 457 g/mol. The Balaban J connectivity index is 1.93. The van der Waals surface area contributed by atoms with Crippen molar-refractivity contribution in [2.45, 2.75) is 13.3 Å². The lowest BCUT2D eigenvalue weighted by Crippen LogP contribution is -1.96. The molecule has 2 aromatic heterocycles. The summed E-state index contributed by atoms with van der Waals surface area (Å²) < 4.78 is 15.8. The molecule has 0 unspecified atom stereocenters. The maximum absolute atomic E-state index is 13.8. The number of aromatic amines is 1. The van der Waals surface area contributed by atoms with Crippen LogP contribution in [0.2, 0.25) is 5.02 Å². The molecule has 114 valence electrons. The molecule has 1 aromatic carbocycles. The van der Waals surface area contributed by atoms with Crippen molar-refractivity contribution in [3.63, 3.8) is 0 Å². The third kappa shape index (κ3) is 2.99. The number of nitrogens with one attached hydrogen (secondary N) is 1. The number of benzene rings is 1. The Morgan fingerprint density at radius 2 is 2.14 bits per heavy atom. The van der Waals surface area contributed by atoms with Crippen molar-refractivity contribution in [1.29, 1.82) is 0 Å². The lowest BCUT2D eigenvalue weighted by molar-refractivity contribution is 0.612. The first kappa shape index (κ1) is 16.1. The van der Waals surface area contributed by atoms with Gasteiger partial charge < -0.3 is 0 Å². The molecule has 0 amide bonds. The number of halogens is 4. The quantitative estimate of drug-likeness (QED) is 0.535. The van der Waals surface area contributed by atoms with Crippen molar-refractivity contribution >= 4 is 54.8 Å². The number of hydrogen-bond acceptors (Lipinski definition) is 3. The fraction of sp³-hybridized carbons (Fsp3) is 0.143. The Morgan fingerprint density at radius 1 is 1.36 bits per heavy atom. The second kappa shape index (κ2) is 6.39. The largest absolute Gasteiger partial charge is 0.258 e. The molecule has 2 heterocycles. The Labute approximate surface area is 152 Å². The lowest BCUT2D eigenvalue weighted by atomic mass is 10.1. The highest BCUT2D eigenvalue weighted by Crippen LogP contribution is 2.41. The Hall–Kier alpha value is -0.760. The van der Waals surface area contributed by atoms with E-state index in [1.165, 1.54) is 6.07 Å². The molecule has 0 radical (unpaired) electrons. The fourth-order valence-corrected chi connectivity index (χ4v) is 4.47. The molecular formula is C14H9Br2ClFN3S. The summed E-state index contributed by atoms with van der Waals surface area (Å²) in [6, 6.07) is 4.62. The van der Waals surface area contributed by atoms with Gasteiger partial charge >= 0.3 is 0 Å². The minimum atomic E-state index is -0.350. The van der Waals surface area contributed by atoms with Gasteiger partial charge in [0.15, 0.2) is 11.6 Å². The average Bonchev–Trinajstić information content (AvgIpc) is 3.04. The summed E-state index contributed by atoms with van der Waals surface area (Å²) in [4.78, 5) is 5.43. The summed E-state index contributed by atoms with van der Waals surface area (Å²) in [5, 5.41) is 7.45. The molecule has 22 heavy (non-hydrogen) atoms. The van der Waals surface area contributed by atoms with Gasteiger partial charge in [-0.25, -0.2) is 9.37 Å². The van der Waals surface area contributed by atoms with Gasteiger partial charge in [0, 0.05) is 21.5 Å². The van der Waals surface area contributed by atoms with Crippen molar-refractivity contribution in [2.75, 3.05) is 0 Å². The van der Waals surface area contributed by atoms with Gasteiger partial charge in [-0.2, -0.15) is 5.10 Å². The van der Waals surface area contributed by atoms with Crippen LogP contribution < -0.4 is 0 Å². The lowest BCUT2D eigenvalue weighted by Gasteiger charge is -2.02. The van der Waals surface area contributed by atoms with Crippen LogP contribution in [0.4, 0.5) is 4.39 Å². The van der Waals surface area contributed by atoms with Crippen LogP contribution in [0.5, 0.6) is 0 Å². The molecule has 0 bridgehead atoms. The summed E-state index contributed by atoms with van der Waals surface area (Å²) in [5.74, 6) is 0.815. The minimum absolute atomic E-state index is 0.245. The standard InChI is InChI=1S/C14H9Br2ClFN3S/c1-6-11(15)13(16)22-12(6)14-19-10(20-21-14)5-7-8(17)3-2-4-9(7)18/h2-4H,5H2,1H3,(H,19,20,21). The predicted octanol–water partition coefficient (Wildman–Crippen LogP) is 5.75. The van der Waals surface area contributed by atoms with E-state index < -0.39 is 0 Å². The van der Waals surface area contributed by atoms with E-state index in [-0.39, 0.29) is 12.2 Å². The van der Waals surface area contributed by atoms with Gasteiger partial charge in [-0.15, -0.1) is 11.3 Å². The Kier molecular flexibility index (Phi) is 4.68. The molecule has 0 aliphatic carbocycles. The minimum Gasteiger partial charge on any atom is -0.258 e. The number of H-pyrrole nitrogens is 1. The molecule has 3 rings (SSSR count). The van der Waals surface area contributed by atoms with Gasteiger partial charge in [-0.1, -0.05) is 17.7 Å². The zero-order chi connectivity index (χ0) is 15.9. The summed E-state index contributed by atoms with van der Waals surface area (Å²) in [5.41, 5.74) is 1.48. The Morgan fingerprint density at radius 3 is 2.77 bits per heavy atom. The maximum Gasteiger partial charge on any atom is 0.166 e. The van der Waals surface area contributed by atoms with E-state index in [9.17, 15) is 4.39 Å². The second-order valence-corrected chi connectivity index (χ2v) is 8.16. The summed E-state index contributed by atoms with van der Waals surface area (Å²) >= 11 is 14.6. The third-order valence-corrected chi connectivity index (χ3v) is 7.29. The van der Waals surface area contributed by atoms with Crippen LogP contribution in [0, 0.1) is 12.7 Å². The van der Waals surface area contributed by atoms with Crippen molar-refractivity contribution in [2.24, 2.45) is 0 Å².